The summed E-state index contributed by atoms with van der Waals surface area (Å²) >= 11 is 1.10. The minimum Gasteiger partial charge on any atom is -0.480 e. The highest BCUT2D eigenvalue weighted by Crippen LogP contribution is 2.23. The second-order valence-electron chi connectivity index (χ2n) is 4.52. The van der Waals surface area contributed by atoms with Crippen molar-refractivity contribution in [3.8, 4) is 0 Å². The third kappa shape index (κ3) is 4.46. The summed E-state index contributed by atoms with van der Waals surface area (Å²) in [5.74, 6) is -0.349. The van der Waals surface area contributed by atoms with E-state index < -0.39 is 11.2 Å². The highest BCUT2D eigenvalue weighted by molar-refractivity contribution is 8.00. The number of aromatic amines is 1. The summed E-state index contributed by atoms with van der Waals surface area (Å²) in [6.45, 7) is 1.88. The fourth-order valence-electron chi connectivity index (χ4n) is 1.86. The second kappa shape index (κ2) is 7.08. The predicted octanol–water partition coefficient (Wildman–Crippen LogP) is 2.12. The van der Waals surface area contributed by atoms with Crippen LogP contribution in [-0.4, -0.2) is 26.3 Å². The van der Waals surface area contributed by atoms with E-state index in [-0.39, 0.29) is 5.56 Å². The third-order valence-corrected chi connectivity index (χ3v) is 4.01. The number of benzene rings is 1. The van der Waals surface area contributed by atoms with Crippen LogP contribution in [0.3, 0.4) is 0 Å². The van der Waals surface area contributed by atoms with Gasteiger partial charge in [-0.05, 0) is 12.0 Å². The molecule has 1 aromatic carbocycles. The van der Waals surface area contributed by atoms with Crippen LogP contribution in [0.15, 0.2) is 46.2 Å². The molecule has 0 aliphatic carbocycles. The maximum Gasteiger partial charge on any atom is 0.317 e. The quantitative estimate of drug-likeness (QED) is 0.631. The van der Waals surface area contributed by atoms with Crippen molar-refractivity contribution >= 4 is 17.7 Å². The van der Waals surface area contributed by atoms with Crippen LogP contribution in [0.25, 0.3) is 0 Å². The first-order chi connectivity index (χ1) is 10.1. The molecule has 1 atom stereocenters. The van der Waals surface area contributed by atoms with Gasteiger partial charge in [0.05, 0.1) is 0 Å². The number of aromatic nitrogens is 2. The number of hydrogen-bond acceptors (Lipinski definition) is 4. The first-order valence-electron chi connectivity index (χ1n) is 6.62. The van der Waals surface area contributed by atoms with Crippen molar-refractivity contribution < 1.29 is 9.90 Å². The van der Waals surface area contributed by atoms with Crippen molar-refractivity contribution in [2.24, 2.45) is 0 Å². The van der Waals surface area contributed by atoms with E-state index in [4.69, 9.17) is 0 Å². The van der Waals surface area contributed by atoms with Crippen molar-refractivity contribution in [3.63, 3.8) is 0 Å². The Morgan fingerprint density at radius 2 is 2.10 bits per heavy atom. The molecule has 2 N–H and O–H groups in total. The molecule has 0 spiro atoms. The minimum atomic E-state index is -0.913. The van der Waals surface area contributed by atoms with Gasteiger partial charge in [0.15, 0.2) is 0 Å². The number of H-pyrrole nitrogens is 1. The van der Waals surface area contributed by atoms with Crippen LogP contribution < -0.4 is 5.56 Å². The van der Waals surface area contributed by atoms with Gasteiger partial charge in [-0.2, -0.15) is 0 Å². The Kier molecular flexibility index (Phi) is 5.16. The number of carboxylic acid groups (broad SMARTS) is 1. The normalized spacial score (nSPS) is 12.0. The number of aliphatic carboxylic acids is 1. The predicted molar refractivity (Wildman–Crippen MR) is 81.7 cm³/mol. The summed E-state index contributed by atoms with van der Waals surface area (Å²) in [6.07, 6.45) is 0.983. The van der Waals surface area contributed by atoms with Crippen LogP contribution in [0.4, 0.5) is 0 Å². The number of carbonyl (C=O) groups is 1. The highest BCUT2D eigenvalue weighted by atomic mass is 32.2. The van der Waals surface area contributed by atoms with E-state index in [1.54, 1.807) is 0 Å². The van der Waals surface area contributed by atoms with Crippen molar-refractivity contribution in [2.75, 3.05) is 0 Å². The van der Waals surface area contributed by atoms with Crippen molar-refractivity contribution in [1.82, 2.24) is 9.97 Å². The maximum absolute atomic E-state index is 11.5. The minimum absolute atomic E-state index is 0.256. The van der Waals surface area contributed by atoms with Crippen LogP contribution in [0.5, 0.6) is 0 Å². The Labute approximate surface area is 126 Å². The molecule has 0 aliphatic rings. The molecule has 0 radical (unpaired) electrons. The molecule has 1 aromatic heterocycles. The molecular weight excluding hydrogens is 288 g/mol. The molecule has 0 saturated carbocycles. The summed E-state index contributed by atoms with van der Waals surface area (Å²) in [5.41, 5.74) is 0.686. The summed E-state index contributed by atoms with van der Waals surface area (Å²) in [5, 5.41) is 9.13. The number of carboxylic acids is 1. The van der Waals surface area contributed by atoms with Gasteiger partial charge in [-0.15, -0.1) is 0 Å². The van der Waals surface area contributed by atoms with Gasteiger partial charge in [-0.3, -0.25) is 9.59 Å². The maximum atomic E-state index is 11.5. The molecule has 2 rings (SSSR count). The van der Waals surface area contributed by atoms with E-state index >= 15 is 0 Å². The third-order valence-electron chi connectivity index (χ3n) is 2.90. The first kappa shape index (κ1) is 15.3. The molecule has 2 aromatic rings. The lowest BCUT2D eigenvalue weighted by atomic mass is 10.1. The Morgan fingerprint density at radius 1 is 1.38 bits per heavy atom. The fourth-order valence-corrected chi connectivity index (χ4v) is 2.87. The average Bonchev–Trinajstić information content (AvgIpc) is 2.47. The van der Waals surface area contributed by atoms with Gasteiger partial charge in [-0.1, -0.05) is 49.0 Å². The zero-order valence-electron chi connectivity index (χ0n) is 11.6. The molecule has 6 heteroatoms. The molecule has 5 nitrogen and oxygen atoms in total. The van der Waals surface area contributed by atoms with E-state index in [0.717, 1.165) is 17.3 Å². The summed E-state index contributed by atoms with van der Waals surface area (Å²) in [7, 11) is 0. The van der Waals surface area contributed by atoms with Gasteiger partial charge in [0.2, 0.25) is 0 Å². The Hall–Kier alpha value is -2.08. The molecule has 1 unspecified atom stereocenters. The van der Waals surface area contributed by atoms with Gasteiger partial charge in [-0.25, -0.2) is 4.98 Å². The molecule has 0 fully saturated rings. The lowest BCUT2D eigenvalue weighted by molar-refractivity contribution is -0.136. The van der Waals surface area contributed by atoms with Crippen molar-refractivity contribution in [1.29, 1.82) is 0 Å². The molecule has 1 heterocycles. The molecule has 0 saturated heterocycles. The first-order valence-corrected chi connectivity index (χ1v) is 7.50. The van der Waals surface area contributed by atoms with Gasteiger partial charge < -0.3 is 10.1 Å². The summed E-state index contributed by atoms with van der Waals surface area (Å²) in [6, 6.07) is 10.8. The monoisotopic (exact) mass is 304 g/mol. The van der Waals surface area contributed by atoms with Gasteiger partial charge in [0.25, 0.3) is 5.56 Å². The SMILES string of the molecule is CCc1nc(SC(Cc2ccccc2)C(=O)O)cc(=O)[nH]1. The Bertz CT molecular complexity index is 670. The number of nitrogens with one attached hydrogen (secondary N) is 1. The molecule has 0 bridgehead atoms. The molecule has 21 heavy (non-hydrogen) atoms. The van der Waals surface area contributed by atoms with E-state index in [1.165, 1.54) is 6.07 Å². The molecule has 0 amide bonds. The number of aryl methyl sites for hydroxylation is 1. The van der Waals surface area contributed by atoms with Crippen LogP contribution in [0.1, 0.15) is 18.3 Å². The number of hydrogen-bond donors (Lipinski definition) is 2. The standard InChI is InChI=1S/C15H16N2O3S/c1-2-12-16-13(18)9-14(17-12)21-11(15(19)20)8-10-6-4-3-5-7-10/h3-7,9,11H,2,8H2,1H3,(H,19,20)(H,16,17,18). The smallest absolute Gasteiger partial charge is 0.317 e. The lowest BCUT2D eigenvalue weighted by Crippen LogP contribution is -2.20. The summed E-state index contributed by atoms with van der Waals surface area (Å²) < 4.78 is 0. The van der Waals surface area contributed by atoms with E-state index in [0.29, 0.717) is 23.7 Å². The Morgan fingerprint density at radius 3 is 2.71 bits per heavy atom. The van der Waals surface area contributed by atoms with Gasteiger partial charge in [0.1, 0.15) is 16.1 Å². The molecule has 0 aliphatic heterocycles. The van der Waals surface area contributed by atoms with Crippen LogP contribution >= 0.6 is 11.8 Å². The zero-order chi connectivity index (χ0) is 15.2. The Balaban J connectivity index is 2.18. The van der Waals surface area contributed by atoms with Crippen molar-refractivity contribution in [3.05, 3.63) is 58.1 Å². The number of nitrogens with zero attached hydrogens (tertiary/aromatic N) is 1. The van der Waals surface area contributed by atoms with Crippen molar-refractivity contribution in [2.45, 2.75) is 30.0 Å². The lowest BCUT2D eigenvalue weighted by Gasteiger charge is -2.12. The van der Waals surface area contributed by atoms with Gasteiger partial charge >= 0.3 is 5.97 Å². The highest BCUT2D eigenvalue weighted by Gasteiger charge is 2.20. The average molecular weight is 304 g/mol. The van der Waals surface area contributed by atoms with Gasteiger partial charge in [0, 0.05) is 12.5 Å². The van der Waals surface area contributed by atoms with E-state index in [9.17, 15) is 14.7 Å². The summed E-state index contributed by atoms with van der Waals surface area (Å²) in [4.78, 5) is 29.8. The van der Waals surface area contributed by atoms with E-state index in [1.807, 2.05) is 37.3 Å². The van der Waals surface area contributed by atoms with Crippen LogP contribution in [0.2, 0.25) is 0 Å². The number of thioether (sulfide) groups is 1. The second-order valence-corrected chi connectivity index (χ2v) is 5.74. The fraction of sp³-hybridized carbons (Fsp3) is 0.267. The zero-order valence-corrected chi connectivity index (χ0v) is 12.4. The molecular formula is C15H16N2O3S. The topological polar surface area (TPSA) is 83.0 Å². The number of rotatable bonds is 6. The molecule has 110 valence electrons. The van der Waals surface area contributed by atoms with Crippen LogP contribution in [-0.2, 0) is 17.6 Å². The largest absolute Gasteiger partial charge is 0.480 e. The van der Waals surface area contributed by atoms with E-state index in [2.05, 4.69) is 9.97 Å². The van der Waals surface area contributed by atoms with Crippen LogP contribution in [0, 0.1) is 0 Å².